The fraction of sp³-hybridized carbons (Fsp3) is 0.200. The first-order valence-corrected chi connectivity index (χ1v) is 10.6. The summed E-state index contributed by atoms with van der Waals surface area (Å²) in [6.45, 7) is 0. The molecule has 1 fully saturated rings. The molecule has 134 valence electrons. The van der Waals surface area contributed by atoms with Gasteiger partial charge in [0, 0.05) is 11.1 Å². The van der Waals surface area contributed by atoms with E-state index in [0.717, 1.165) is 25.0 Å². The van der Waals surface area contributed by atoms with Crippen molar-refractivity contribution in [3.8, 4) is 0 Å². The highest BCUT2D eigenvalue weighted by atomic mass is 35.5. The largest absolute Gasteiger partial charge is 0.277 e. The number of anilines is 1. The molecule has 0 bridgehead atoms. The van der Waals surface area contributed by atoms with E-state index in [-0.39, 0.29) is 26.5 Å². The maximum absolute atomic E-state index is 13.8. The van der Waals surface area contributed by atoms with Crippen LogP contribution in [0.3, 0.4) is 0 Å². The quantitative estimate of drug-likeness (QED) is 0.774. The van der Waals surface area contributed by atoms with Crippen LogP contribution in [0.15, 0.2) is 52.3 Å². The predicted octanol–water partition coefficient (Wildman–Crippen LogP) is 2.72. The van der Waals surface area contributed by atoms with E-state index in [1.807, 2.05) is 0 Å². The number of benzene rings is 2. The van der Waals surface area contributed by atoms with Crippen LogP contribution in [-0.2, 0) is 20.0 Å². The number of nitrogens with one attached hydrogen (secondary N) is 2. The van der Waals surface area contributed by atoms with Crippen molar-refractivity contribution in [2.75, 3.05) is 4.72 Å². The highest BCUT2D eigenvalue weighted by Gasteiger charge is 2.28. The molecule has 0 saturated heterocycles. The standard InChI is InChI=1S/C15H14ClFN2O4S2/c16-10-4-7-15(14(17)8-10)19-25(22,23)13-3-1-2-12(9-13)24(20,21)18-11-5-6-11/h1-4,7-9,11,18-19H,5-6H2. The van der Waals surface area contributed by atoms with E-state index >= 15 is 0 Å². The molecule has 2 aromatic carbocycles. The van der Waals surface area contributed by atoms with Crippen molar-refractivity contribution in [3.05, 3.63) is 53.3 Å². The average Bonchev–Trinajstić information content (AvgIpc) is 3.33. The molecule has 1 aliphatic carbocycles. The summed E-state index contributed by atoms with van der Waals surface area (Å²) in [7, 11) is -7.97. The first kappa shape index (κ1) is 18.1. The summed E-state index contributed by atoms with van der Waals surface area (Å²) in [6.07, 6.45) is 1.52. The third-order valence-electron chi connectivity index (χ3n) is 3.50. The van der Waals surface area contributed by atoms with Crippen molar-refractivity contribution >= 4 is 37.3 Å². The van der Waals surface area contributed by atoms with E-state index in [4.69, 9.17) is 11.6 Å². The highest BCUT2D eigenvalue weighted by molar-refractivity contribution is 7.93. The van der Waals surface area contributed by atoms with Gasteiger partial charge in [0.1, 0.15) is 5.82 Å². The molecule has 0 radical (unpaired) electrons. The summed E-state index contributed by atoms with van der Waals surface area (Å²) >= 11 is 5.63. The monoisotopic (exact) mass is 404 g/mol. The van der Waals surface area contributed by atoms with Crippen LogP contribution >= 0.6 is 11.6 Å². The van der Waals surface area contributed by atoms with Gasteiger partial charge in [0.15, 0.2) is 0 Å². The fourth-order valence-electron chi connectivity index (χ4n) is 2.07. The van der Waals surface area contributed by atoms with Crippen LogP contribution in [0, 0.1) is 5.82 Å². The molecule has 25 heavy (non-hydrogen) atoms. The molecule has 3 rings (SSSR count). The lowest BCUT2D eigenvalue weighted by Crippen LogP contribution is -2.26. The topological polar surface area (TPSA) is 92.3 Å². The molecule has 2 aromatic rings. The third kappa shape index (κ3) is 4.30. The van der Waals surface area contributed by atoms with E-state index in [1.54, 1.807) is 0 Å². The first-order chi connectivity index (χ1) is 11.7. The molecule has 0 amide bonds. The van der Waals surface area contributed by atoms with Crippen molar-refractivity contribution < 1.29 is 21.2 Å². The second kappa shape index (κ2) is 6.56. The lowest BCUT2D eigenvalue weighted by Gasteiger charge is -2.11. The molecule has 6 nitrogen and oxygen atoms in total. The number of halogens is 2. The van der Waals surface area contributed by atoms with Crippen LogP contribution in [0.25, 0.3) is 0 Å². The zero-order valence-electron chi connectivity index (χ0n) is 12.7. The Kier molecular flexibility index (Phi) is 4.76. The molecule has 0 atom stereocenters. The molecule has 0 spiro atoms. The number of hydrogen-bond acceptors (Lipinski definition) is 4. The van der Waals surface area contributed by atoms with Crippen molar-refractivity contribution in [2.24, 2.45) is 0 Å². The van der Waals surface area contributed by atoms with Gasteiger partial charge in [-0.2, -0.15) is 0 Å². The summed E-state index contributed by atoms with van der Waals surface area (Å²) < 4.78 is 67.6. The van der Waals surface area contributed by atoms with Crippen LogP contribution in [-0.4, -0.2) is 22.9 Å². The van der Waals surface area contributed by atoms with E-state index < -0.39 is 25.9 Å². The Morgan fingerprint density at radius 1 is 0.960 bits per heavy atom. The molecule has 1 saturated carbocycles. The SMILES string of the molecule is O=S(=O)(Nc1ccc(Cl)cc1F)c1cccc(S(=O)(=O)NC2CC2)c1. The summed E-state index contributed by atoms with van der Waals surface area (Å²) in [5.41, 5.74) is -0.284. The van der Waals surface area contributed by atoms with Gasteiger partial charge in [-0.1, -0.05) is 17.7 Å². The number of rotatable bonds is 6. The molecular weight excluding hydrogens is 391 g/mol. The summed E-state index contributed by atoms with van der Waals surface area (Å²) in [6, 6.07) is 8.26. The van der Waals surface area contributed by atoms with Crippen molar-refractivity contribution in [1.29, 1.82) is 0 Å². The second-order valence-electron chi connectivity index (χ2n) is 5.60. The van der Waals surface area contributed by atoms with Gasteiger partial charge < -0.3 is 0 Å². The van der Waals surface area contributed by atoms with Gasteiger partial charge in [-0.05, 0) is 49.2 Å². The smallest absolute Gasteiger partial charge is 0.262 e. The van der Waals surface area contributed by atoms with Crippen LogP contribution in [0.5, 0.6) is 0 Å². The summed E-state index contributed by atoms with van der Waals surface area (Å²) in [5, 5.41) is 0.125. The Morgan fingerprint density at radius 2 is 1.60 bits per heavy atom. The maximum Gasteiger partial charge on any atom is 0.262 e. The van der Waals surface area contributed by atoms with Crippen LogP contribution in [0.4, 0.5) is 10.1 Å². The second-order valence-corrected chi connectivity index (χ2v) is 9.43. The third-order valence-corrected chi connectivity index (χ3v) is 6.62. The average molecular weight is 405 g/mol. The van der Waals surface area contributed by atoms with Crippen molar-refractivity contribution in [1.82, 2.24) is 4.72 Å². The molecule has 0 aromatic heterocycles. The highest BCUT2D eigenvalue weighted by Crippen LogP contribution is 2.25. The van der Waals surface area contributed by atoms with Crippen LogP contribution in [0.2, 0.25) is 5.02 Å². The zero-order chi connectivity index (χ0) is 18.2. The molecule has 2 N–H and O–H groups in total. The Balaban J connectivity index is 1.91. The molecule has 0 unspecified atom stereocenters. The number of sulfonamides is 2. The summed E-state index contributed by atoms with van der Waals surface area (Å²) in [4.78, 5) is -0.459. The lowest BCUT2D eigenvalue weighted by molar-refractivity contribution is 0.580. The van der Waals surface area contributed by atoms with E-state index in [2.05, 4.69) is 9.44 Å². The van der Waals surface area contributed by atoms with Gasteiger partial charge in [0.2, 0.25) is 10.0 Å². The first-order valence-electron chi connectivity index (χ1n) is 7.28. The van der Waals surface area contributed by atoms with Gasteiger partial charge in [0.25, 0.3) is 10.0 Å². The predicted molar refractivity (Wildman–Crippen MR) is 92.0 cm³/mol. The molecule has 0 heterocycles. The van der Waals surface area contributed by atoms with Gasteiger partial charge in [-0.3, -0.25) is 4.72 Å². The van der Waals surface area contributed by atoms with Gasteiger partial charge in [0.05, 0.1) is 15.5 Å². The molecular formula is C15H14ClFN2O4S2. The Bertz CT molecular complexity index is 1020. The molecule has 0 aliphatic heterocycles. The summed E-state index contributed by atoms with van der Waals surface area (Å²) in [5.74, 6) is -0.838. The molecule has 1 aliphatic rings. The Labute approximate surface area is 150 Å². The van der Waals surface area contributed by atoms with Gasteiger partial charge in [-0.15, -0.1) is 0 Å². The number of hydrogen-bond donors (Lipinski definition) is 2. The minimum Gasteiger partial charge on any atom is -0.277 e. The minimum atomic E-state index is -4.17. The normalized spacial score (nSPS) is 15.1. The van der Waals surface area contributed by atoms with Crippen LogP contribution < -0.4 is 9.44 Å². The lowest BCUT2D eigenvalue weighted by atomic mass is 10.3. The Morgan fingerprint density at radius 3 is 2.20 bits per heavy atom. The fourth-order valence-corrected chi connectivity index (χ4v) is 4.77. The minimum absolute atomic E-state index is 0.105. The van der Waals surface area contributed by atoms with Crippen molar-refractivity contribution in [2.45, 2.75) is 28.7 Å². The van der Waals surface area contributed by atoms with Crippen LogP contribution in [0.1, 0.15) is 12.8 Å². The molecule has 10 heteroatoms. The zero-order valence-corrected chi connectivity index (χ0v) is 15.1. The van der Waals surface area contributed by atoms with Crippen molar-refractivity contribution in [3.63, 3.8) is 0 Å². The van der Waals surface area contributed by atoms with E-state index in [0.29, 0.717) is 0 Å². The van der Waals surface area contributed by atoms with E-state index in [9.17, 15) is 21.2 Å². The van der Waals surface area contributed by atoms with Gasteiger partial charge in [-0.25, -0.2) is 25.9 Å². The maximum atomic E-state index is 13.8. The Hall–Kier alpha value is -1.68. The van der Waals surface area contributed by atoms with E-state index in [1.165, 1.54) is 30.3 Å². The van der Waals surface area contributed by atoms with Gasteiger partial charge >= 0.3 is 0 Å².